The summed E-state index contributed by atoms with van der Waals surface area (Å²) in [6.45, 7) is 2.59. The van der Waals surface area contributed by atoms with Crippen molar-refractivity contribution in [3.63, 3.8) is 0 Å². The summed E-state index contributed by atoms with van der Waals surface area (Å²) in [7, 11) is 0. The highest BCUT2D eigenvalue weighted by atomic mass is 16.7. The average Bonchev–Trinajstić information content (AvgIpc) is 2.46. The Balaban J connectivity index is 1.89. The van der Waals surface area contributed by atoms with Crippen molar-refractivity contribution in [1.82, 2.24) is 4.90 Å². The van der Waals surface area contributed by atoms with Crippen LogP contribution in [-0.2, 0) is 14.3 Å². The minimum atomic E-state index is 0.204. The lowest BCUT2D eigenvalue weighted by atomic mass is 10.3. The first-order valence-electron chi connectivity index (χ1n) is 3.79. The number of fused-ring (bicyclic) bond motifs is 1. The zero-order valence-electron chi connectivity index (χ0n) is 6.23. The Bertz CT molecular complexity index is 150. The molecule has 0 spiro atoms. The minimum absolute atomic E-state index is 0.204. The van der Waals surface area contributed by atoms with Crippen molar-refractivity contribution in [1.29, 1.82) is 0 Å². The lowest BCUT2D eigenvalue weighted by molar-refractivity contribution is -0.109. The summed E-state index contributed by atoms with van der Waals surface area (Å²) in [4.78, 5) is 12.2. The van der Waals surface area contributed by atoms with E-state index < -0.39 is 0 Å². The standard InChI is InChI=1S/C7H11NO3/c9-2-1-8-3-6-7(4-8)11-5-10-6/h2,6-7H,1,3-5H2. The zero-order chi connectivity index (χ0) is 7.68. The van der Waals surface area contributed by atoms with E-state index in [2.05, 4.69) is 0 Å². The quantitative estimate of drug-likeness (QED) is 0.494. The largest absolute Gasteiger partial charge is 0.348 e. The Hall–Kier alpha value is -0.450. The fourth-order valence-corrected chi connectivity index (χ4v) is 1.61. The Morgan fingerprint density at radius 1 is 1.36 bits per heavy atom. The van der Waals surface area contributed by atoms with Crippen LogP contribution < -0.4 is 0 Å². The molecule has 2 heterocycles. The number of aldehydes is 1. The molecule has 0 saturated carbocycles. The number of hydrogen-bond acceptors (Lipinski definition) is 4. The predicted octanol–water partition coefficient (Wildman–Crippen LogP) is -0.758. The van der Waals surface area contributed by atoms with Gasteiger partial charge in [-0.3, -0.25) is 4.90 Å². The van der Waals surface area contributed by atoms with Crippen molar-refractivity contribution in [2.24, 2.45) is 0 Å². The Morgan fingerprint density at radius 3 is 2.55 bits per heavy atom. The third-order valence-electron chi connectivity index (χ3n) is 2.19. The van der Waals surface area contributed by atoms with Gasteiger partial charge < -0.3 is 14.3 Å². The van der Waals surface area contributed by atoms with Gasteiger partial charge >= 0.3 is 0 Å². The van der Waals surface area contributed by atoms with Gasteiger partial charge in [0.1, 0.15) is 25.3 Å². The maximum atomic E-state index is 10.2. The maximum absolute atomic E-state index is 10.2. The number of ether oxygens (including phenoxy) is 2. The van der Waals surface area contributed by atoms with Crippen LogP contribution >= 0.6 is 0 Å². The molecule has 0 aliphatic carbocycles. The molecule has 2 aliphatic rings. The van der Waals surface area contributed by atoms with E-state index in [9.17, 15) is 4.79 Å². The fraction of sp³-hybridized carbons (Fsp3) is 0.857. The summed E-state index contributed by atoms with van der Waals surface area (Å²) in [6, 6.07) is 0. The van der Waals surface area contributed by atoms with E-state index in [1.54, 1.807) is 0 Å². The van der Waals surface area contributed by atoms with Crippen molar-refractivity contribution in [2.75, 3.05) is 26.4 Å². The van der Waals surface area contributed by atoms with Gasteiger partial charge in [-0.2, -0.15) is 0 Å². The summed E-state index contributed by atoms with van der Waals surface area (Å²) in [5.74, 6) is 0. The molecule has 11 heavy (non-hydrogen) atoms. The number of rotatable bonds is 2. The van der Waals surface area contributed by atoms with E-state index in [4.69, 9.17) is 9.47 Å². The highest BCUT2D eigenvalue weighted by molar-refractivity contribution is 5.52. The van der Waals surface area contributed by atoms with Crippen molar-refractivity contribution in [2.45, 2.75) is 12.2 Å². The molecule has 2 saturated heterocycles. The van der Waals surface area contributed by atoms with Crippen LogP contribution in [0.25, 0.3) is 0 Å². The molecule has 0 N–H and O–H groups in total. The summed E-state index contributed by atoms with van der Waals surface area (Å²) in [5, 5.41) is 0. The van der Waals surface area contributed by atoms with E-state index in [1.807, 2.05) is 4.90 Å². The van der Waals surface area contributed by atoms with Gasteiger partial charge in [0, 0.05) is 13.1 Å². The second kappa shape index (κ2) is 2.89. The molecule has 2 aliphatic heterocycles. The van der Waals surface area contributed by atoms with E-state index >= 15 is 0 Å². The van der Waals surface area contributed by atoms with Crippen LogP contribution in [0.4, 0.5) is 0 Å². The van der Waals surface area contributed by atoms with Crippen LogP contribution in [0.15, 0.2) is 0 Å². The molecule has 2 rings (SSSR count). The fourth-order valence-electron chi connectivity index (χ4n) is 1.61. The first-order chi connectivity index (χ1) is 5.40. The van der Waals surface area contributed by atoms with Crippen LogP contribution in [0, 0.1) is 0 Å². The van der Waals surface area contributed by atoms with Crippen LogP contribution in [0.2, 0.25) is 0 Å². The Labute approximate surface area is 65.1 Å². The van der Waals surface area contributed by atoms with E-state index in [1.165, 1.54) is 0 Å². The van der Waals surface area contributed by atoms with Crippen molar-refractivity contribution >= 4 is 6.29 Å². The van der Waals surface area contributed by atoms with Gasteiger partial charge in [0.05, 0.1) is 6.54 Å². The second-order valence-corrected chi connectivity index (χ2v) is 2.91. The Kier molecular flexibility index (Phi) is 1.89. The first kappa shape index (κ1) is 7.21. The molecule has 62 valence electrons. The first-order valence-corrected chi connectivity index (χ1v) is 3.79. The van der Waals surface area contributed by atoms with E-state index in [-0.39, 0.29) is 12.2 Å². The topological polar surface area (TPSA) is 38.8 Å². The normalized spacial score (nSPS) is 37.5. The van der Waals surface area contributed by atoms with Crippen LogP contribution in [0.1, 0.15) is 0 Å². The molecule has 2 fully saturated rings. The smallest absolute Gasteiger partial charge is 0.147 e. The van der Waals surface area contributed by atoms with Crippen LogP contribution in [0.3, 0.4) is 0 Å². The van der Waals surface area contributed by atoms with Crippen LogP contribution in [-0.4, -0.2) is 49.8 Å². The third-order valence-corrected chi connectivity index (χ3v) is 2.19. The van der Waals surface area contributed by atoms with Gasteiger partial charge in [0.2, 0.25) is 0 Å². The molecule has 0 radical (unpaired) electrons. The molecule has 4 nitrogen and oxygen atoms in total. The number of carbonyl (C=O) groups excluding carboxylic acids is 1. The van der Waals surface area contributed by atoms with Crippen molar-refractivity contribution in [3.05, 3.63) is 0 Å². The lowest BCUT2D eigenvalue weighted by Gasteiger charge is -2.11. The van der Waals surface area contributed by atoms with Crippen LogP contribution in [0.5, 0.6) is 0 Å². The second-order valence-electron chi connectivity index (χ2n) is 2.91. The van der Waals surface area contributed by atoms with Gasteiger partial charge in [-0.25, -0.2) is 0 Å². The summed E-state index contributed by atoms with van der Waals surface area (Å²) < 4.78 is 10.5. The molecule has 0 amide bonds. The molecular formula is C7H11NO3. The molecule has 2 unspecified atom stereocenters. The van der Waals surface area contributed by atoms with Gasteiger partial charge in [0.25, 0.3) is 0 Å². The number of likely N-dealkylation sites (tertiary alicyclic amines) is 1. The number of nitrogens with zero attached hydrogens (tertiary/aromatic N) is 1. The van der Waals surface area contributed by atoms with Crippen molar-refractivity contribution in [3.8, 4) is 0 Å². The SMILES string of the molecule is O=CCN1CC2OCOC2C1. The van der Waals surface area contributed by atoms with Crippen molar-refractivity contribution < 1.29 is 14.3 Å². The minimum Gasteiger partial charge on any atom is -0.348 e. The number of carbonyl (C=O) groups is 1. The highest BCUT2D eigenvalue weighted by Gasteiger charge is 2.37. The average molecular weight is 157 g/mol. The zero-order valence-corrected chi connectivity index (χ0v) is 6.23. The van der Waals surface area contributed by atoms with E-state index in [0.29, 0.717) is 13.3 Å². The van der Waals surface area contributed by atoms with Gasteiger partial charge in [0.15, 0.2) is 0 Å². The number of hydrogen-bond donors (Lipinski definition) is 0. The van der Waals surface area contributed by atoms with Gasteiger partial charge in [-0.15, -0.1) is 0 Å². The molecule has 2 atom stereocenters. The third kappa shape index (κ3) is 1.29. The predicted molar refractivity (Wildman–Crippen MR) is 37.1 cm³/mol. The molecule has 4 heteroatoms. The summed E-state index contributed by atoms with van der Waals surface area (Å²) in [5.41, 5.74) is 0. The molecular weight excluding hydrogens is 146 g/mol. The summed E-state index contributed by atoms with van der Waals surface area (Å²) >= 11 is 0. The van der Waals surface area contributed by atoms with E-state index in [0.717, 1.165) is 19.4 Å². The van der Waals surface area contributed by atoms with Gasteiger partial charge in [-0.1, -0.05) is 0 Å². The Morgan fingerprint density at radius 2 is 2.00 bits per heavy atom. The molecule has 0 bridgehead atoms. The molecule has 0 aromatic rings. The monoisotopic (exact) mass is 157 g/mol. The maximum Gasteiger partial charge on any atom is 0.147 e. The highest BCUT2D eigenvalue weighted by Crippen LogP contribution is 2.21. The summed E-state index contributed by atoms with van der Waals surface area (Å²) in [6.07, 6.45) is 1.33. The molecule has 0 aromatic heterocycles. The molecule has 0 aromatic carbocycles. The van der Waals surface area contributed by atoms with Gasteiger partial charge in [-0.05, 0) is 0 Å². The lowest BCUT2D eigenvalue weighted by Crippen LogP contribution is -2.25.